The first-order valence-electron chi connectivity index (χ1n) is 21.1. The van der Waals surface area contributed by atoms with E-state index in [0.29, 0.717) is 31.3 Å². The van der Waals surface area contributed by atoms with Gasteiger partial charge in [0.15, 0.2) is 18.4 Å². The Bertz CT molecular complexity index is 1500. The normalized spacial score (nSPS) is 57.4. The highest BCUT2D eigenvalue weighted by molar-refractivity contribution is 5.26. The molecule has 8 fully saturated rings. The average molecular weight is 797 g/mol. The van der Waals surface area contributed by atoms with Crippen LogP contribution in [0.5, 0.6) is 0 Å². The van der Waals surface area contributed by atoms with Crippen LogP contribution in [-0.2, 0) is 28.4 Å². The van der Waals surface area contributed by atoms with Crippen LogP contribution >= 0.6 is 0 Å². The van der Waals surface area contributed by atoms with E-state index in [4.69, 9.17) is 28.4 Å². The summed E-state index contributed by atoms with van der Waals surface area (Å²) in [4.78, 5) is 0. The quantitative estimate of drug-likeness (QED) is 0.135. The summed E-state index contributed by atoms with van der Waals surface area (Å²) < 4.78 is 37.8. The second-order valence-electron chi connectivity index (χ2n) is 20.6. The summed E-state index contributed by atoms with van der Waals surface area (Å²) in [5, 5.41) is 85.9. The van der Waals surface area contributed by atoms with E-state index in [1.807, 2.05) is 6.92 Å². The molecule has 4 aliphatic heterocycles. The van der Waals surface area contributed by atoms with E-state index in [9.17, 15) is 40.9 Å². The van der Waals surface area contributed by atoms with Gasteiger partial charge in [-0.25, -0.2) is 0 Å². The topological polar surface area (TPSA) is 217 Å². The van der Waals surface area contributed by atoms with Crippen molar-refractivity contribution in [3.8, 4) is 0 Å². The largest absolute Gasteiger partial charge is 0.394 e. The third-order valence-corrected chi connectivity index (χ3v) is 17.0. The van der Waals surface area contributed by atoms with Crippen molar-refractivity contribution in [1.29, 1.82) is 0 Å². The van der Waals surface area contributed by atoms with Crippen LogP contribution in [0.25, 0.3) is 0 Å². The van der Waals surface area contributed by atoms with Crippen LogP contribution in [-0.4, -0.2) is 146 Å². The van der Waals surface area contributed by atoms with Gasteiger partial charge < -0.3 is 69.3 Å². The number of allylic oxidation sites excluding steroid dienone is 1. The maximum atomic E-state index is 12.1. The molecule has 4 heterocycles. The molecule has 0 aromatic heterocycles. The van der Waals surface area contributed by atoms with E-state index in [0.717, 1.165) is 38.5 Å². The lowest BCUT2D eigenvalue weighted by atomic mass is 9.35. The fourth-order valence-electron chi connectivity index (χ4n) is 14.6. The molecule has 2 spiro atoms. The minimum absolute atomic E-state index is 0.0284. The molecule has 8 rings (SSSR count). The summed E-state index contributed by atoms with van der Waals surface area (Å²) in [6.45, 7) is 14.9. The average Bonchev–Trinajstić information content (AvgIpc) is 3.64. The molecule has 0 amide bonds. The molecule has 0 aromatic rings. The van der Waals surface area contributed by atoms with E-state index in [1.54, 1.807) is 0 Å². The summed E-state index contributed by atoms with van der Waals surface area (Å²) in [5.74, 6) is 0.123. The Morgan fingerprint density at radius 1 is 0.750 bits per heavy atom. The Labute approximate surface area is 330 Å². The van der Waals surface area contributed by atoms with E-state index < -0.39 is 86.0 Å². The highest BCUT2D eigenvalue weighted by atomic mass is 16.7. The highest BCUT2D eigenvalue weighted by Gasteiger charge is 2.81. The molecule has 320 valence electrons. The molecule has 14 heteroatoms. The first-order chi connectivity index (χ1) is 26.2. The Morgan fingerprint density at radius 3 is 2.07 bits per heavy atom. The number of ether oxygens (including phenoxy) is 6. The van der Waals surface area contributed by atoms with Crippen LogP contribution in [0.2, 0.25) is 0 Å². The van der Waals surface area contributed by atoms with Gasteiger partial charge >= 0.3 is 0 Å². The van der Waals surface area contributed by atoms with E-state index in [1.165, 1.54) is 5.57 Å². The van der Waals surface area contributed by atoms with Gasteiger partial charge in [-0.3, -0.25) is 0 Å². The number of rotatable bonds is 7. The standard InChI is InChI=1S/C42H68O14/c1-20(2)14-21-15-40(7,50)34-22-8-9-26-38(5)12-11-27(37(3,4)25(38)10-13-39(26,6)41(22)18-42(34,56-21)51-19-41)54-36-32(49)33(29(46)24(17-44)53-36)55-35-31(48)30(47)28(45)23(16-43)52-35/h14,21-36,43-50H,8-13,15-19H2,1-7H3/t21?,22?,23-,24-,25+,26-,27+,28-,29-,30+,31-,32-,33+,34?,35+,36+,38+,39-,40+,41+,42+/m1/s1. The lowest BCUT2D eigenvalue weighted by molar-refractivity contribution is -0.370. The lowest BCUT2D eigenvalue weighted by Gasteiger charge is -2.70. The van der Waals surface area contributed by atoms with Crippen LogP contribution in [0.4, 0.5) is 0 Å². The summed E-state index contributed by atoms with van der Waals surface area (Å²) in [6, 6.07) is 0. The Morgan fingerprint density at radius 2 is 1.41 bits per heavy atom. The van der Waals surface area contributed by atoms with Crippen LogP contribution in [0.1, 0.15) is 99.8 Å². The SMILES string of the molecule is CC(C)=CC1C[C@](C)(O)C2C3CC[C@@H]4[C@@]5(C)CC[C@H](O[C@@H]6O[C@H](CO)[C@@H](O)[C@H](O[C@@H]7O[C@H](CO)[C@@H](O)[C@H](O)[C@H]7O)[C@H]6O)C(C)(C)[C@@H]5CC[C@@]4(C)[C@@]34CO[C@@]2(C4)O1. The van der Waals surface area contributed by atoms with Crippen molar-refractivity contribution in [2.24, 2.45) is 45.3 Å². The van der Waals surface area contributed by atoms with Crippen LogP contribution in [0.3, 0.4) is 0 Å². The molecule has 2 bridgehead atoms. The van der Waals surface area contributed by atoms with Gasteiger partial charge in [0.05, 0.1) is 37.6 Å². The van der Waals surface area contributed by atoms with Gasteiger partial charge in [-0.1, -0.05) is 39.3 Å². The first-order valence-corrected chi connectivity index (χ1v) is 21.1. The predicted molar refractivity (Wildman–Crippen MR) is 198 cm³/mol. The van der Waals surface area contributed by atoms with Crippen molar-refractivity contribution in [1.82, 2.24) is 0 Å². The molecule has 4 saturated heterocycles. The van der Waals surface area contributed by atoms with Crippen molar-refractivity contribution < 1.29 is 69.3 Å². The number of aliphatic hydroxyl groups is 8. The molecule has 8 aliphatic rings. The molecule has 0 aromatic carbocycles. The van der Waals surface area contributed by atoms with E-state index in [-0.39, 0.29) is 45.7 Å². The summed E-state index contributed by atoms with van der Waals surface area (Å²) >= 11 is 0. The lowest BCUT2D eigenvalue weighted by Crippen LogP contribution is -2.68. The molecule has 4 saturated carbocycles. The number of hydrogen-bond acceptors (Lipinski definition) is 14. The van der Waals surface area contributed by atoms with Crippen LogP contribution in [0, 0.1) is 45.3 Å². The highest BCUT2D eigenvalue weighted by Crippen LogP contribution is 2.80. The fraction of sp³-hybridized carbons (Fsp3) is 0.952. The number of aliphatic hydroxyl groups excluding tert-OH is 7. The van der Waals surface area contributed by atoms with Crippen molar-refractivity contribution >= 4 is 0 Å². The molecule has 4 aliphatic carbocycles. The molecule has 0 radical (unpaired) electrons. The van der Waals surface area contributed by atoms with Crippen molar-refractivity contribution in [3.05, 3.63) is 11.6 Å². The second kappa shape index (κ2) is 14.1. The number of hydrogen-bond donors (Lipinski definition) is 8. The predicted octanol–water partition coefficient (Wildman–Crippen LogP) is 1.50. The van der Waals surface area contributed by atoms with Gasteiger partial charge in [0.2, 0.25) is 0 Å². The minimum Gasteiger partial charge on any atom is -0.394 e. The zero-order valence-corrected chi connectivity index (χ0v) is 34.1. The summed E-state index contributed by atoms with van der Waals surface area (Å²) in [5.41, 5.74) is -0.269. The molecular formula is C42H68O14. The molecule has 56 heavy (non-hydrogen) atoms. The zero-order chi connectivity index (χ0) is 40.5. The van der Waals surface area contributed by atoms with Gasteiger partial charge in [0.1, 0.15) is 48.8 Å². The Hall–Kier alpha value is -0.820. The minimum atomic E-state index is -1.75. The first kappa shape index (κ1) is 41.9. The van der Waals surface area contributed by atoms with E-state index >= 15 is 0 Å². The maximum absolute atomic E-state index is 12.1. The summed E-state index contributed by atoms with van der Waals surface area (Å²) in [7, 11) is 0. The third-order valence-electron chi connectivity index (χ3n) is 17.0. The maximum Gasteiger partial charge on any atom is 0.187 e. The van der Waals surface area contributed by atoms with Gasteiger partial charge in [-0.2, -0.15) is 0 Å². The van der Waals surface area contributed by atoms with Crippen LogP contribution in [0.15, 0.2) is 11.6 Å². The Kier molecular flexibility index (Phi) is 10.6. The third kappa shape index (κ3) is 5.94. The van der Waals surface area contributed by atoms with Gasteiger partial charge in [0, 0.05) is 24.2 Å². The summed E-state index contributed by atoms with van der Waals surface area (Å²) in [6.07, 6.45) is -6.46. The zero-order valence-electron chi connectivity index (χ0n) is 34.1. The van der Waals surface area contributed by atoms with Crippen molar-refractivity contribution in [3.63, 3.8) is 0 Å². The van der Waals surface area contributed by atoms with Crippen LogP contribution < -0.4 is 0 Å². The van der Waals surface area contributed by atoms with E-state index in [2.05, 4.69) is 47.6 Å². The Balaban J connectivity index is 1.01. The molecule has 21 atom stereocenters. The van der Waals surface area contributed by atoms with Gasteiger partial charge in [0.25, 0.3) is 0 Å². The molecule has 14 nitrogen and oxygen atoms in total. The second-order valence-corrected chi connectivity index (χ2v) is 20.6. The van der Waals surface area contributed by atoms with Crippen molar-refractivity contribution in [2.75, 3.05) is 19.8 Å². The fourth-order valence-corrected chi connectivity index (χ4v) is 14.6. The molecular weight excluding hydrogens is 728 g/mol. The van der Waals surface area contributed by atoms with Gasteiger partial charge in [-0.15, -0.1) is 0 Å². The van der Waals surface area contributed by atoms with Crippen molar-refractivity contribution in [2.45, 2.75) is 185 Å². The van der Waals surface area contributed by atoms with Gasteiger partial charge in [-0.05, 0) is 93.3 Å². The molecule has 8 N–H and O–H groups in total. The smallest absolute Gasteiger partial charge is 0.187 e. The molecule has 3 unspecified atom stereocenters. The monoisotopic (exact) mass is 796 g/mol. The number of fused-ring (bicyclic) bond motifs is 4.